The Balaban J connectivity index is 2.54. The highest BCUT2D eigenvalue weighted by Gasteiger charge is 2.30. The summed E-state index contributed by atoms with van der Waals surface area (Å²) in [5.41, 5.74) is 0.305. The highest BCUT2D eigenvalue weighted by Crippen LogP contribution is 2.15. The highest BCUT2D eigenvalue weighted by molar-refractivity contribution is 5.91. The lowest BCUT2D eigenvalue weighted by Crippen LogP contribution is -2.50. The molecule has 0 radical (unpaired) electrons. The van der Waals surface area contributed by atoms with E-state index in [0.717, 1.165) is 5.56 Å². The van der Waals surface area contributed by atoms with Crippen molar-refractivity contribution < 1.29 is 19.1 Å². The molecule has 0 saturated heterocycles. The number of nitrogens with zero attached hydrogens (tertiary/aromatic N) is 1. The third kappa shape index (κ3) is 6.55. The van der Waals surface area contributed by atoms with E-state index in [1.54, 1.807) is 31.2 Å². The van der Waals surface area contributed by atoms with Crippen LogP contribution < -0.4 is 5.32 Å². The van der Waals surface area contributed by atoms with Crippen molar-refractivity contribution in [2.45, 2.75) is 52.9 Å². The van der Waals surface area contributed by atoms with Gasteiger partial charge in [0, 0.05) is 0 Å². The van der Waals surface area contributed by atoms with Crippen molar-refractivity contribution in [3.8, 4) is 6.07 Å². The Morgan fingerprint density at radius 1 is 1.20 bits per heavy atom. The predicted molar refractivity (Wildman–Crippen MR) is 93.6 cm³/mol. The normalized spacial score (nSPS) is 13.2. The predicted octanol–water partition coefficient (Wildman–Crippen LogP) is 2.82. The Kier molecular flexibility index (Phi) is 7.59. The van der Waals surface area contributed by atoms with Gasteiger partial charge in [-0.25, -0.2) is 4.79 Å². The van der Waals surface area contributed by atoms with Gasteiger partial charge in [-0.05, 0) is 44.4 Å². The second-order valence-corrected chi connectivity index (χ2v) is 6.65. The molecule has 1 aromatic rings. The Labute approximate surface area is 149 Å². The molecule has 0 aromatic heterocycles. The lowest BCUT2D eigenvalue weighted by molar-refractivity contribution is -0.125. The minimum absolute atomic E-state index is 0.0715. The molecular formula is C19H26N2O4. The number of hydrogen-bond donors (Lipinski definition) is 1. The second-order valence-electron chi connectivity index (χ2n) is 6.65. The lowest BCUT2D eigenvalue weighted by Gasteiger charge is -2.27. The van der Waals surface area contributed by atoms with Gasteiger partial charge in [0.25, 0.3) is 5.91 Å². The van der Waals surface area contributed by atoms with Crippen molar-refractivity contribution >= 4 is 11.9 Å². The van der Waals surface area contributed by atoms with Crippen LogP contribution in [-0.4, -0.2) is 30.1 Å². The lowest BCUT2D eigenvalue weighted by atomic mass is 9.90. The van der Waals surface area contributed by atoms with Crippen LogP contribution in [0.25, 0.3) is 0 Å². The third-order valence-corrected chi connectivity index (χ3v) is 3.89. The van der Waals surface area contributed by atoms with E-state index in [9.17, 15) is 14.9 Å². The molecule has 6 nitrogen and oxygen atoms in total. The molecular weight excluding hydrogens is 320 g/mol. The molecule has 6 heteroatoms. The van der Waals surface area contributed by atoms with Gasteiger partial charge < -0.3 is 14.8 Å². The van der Waals surface area contributed by atoms with Crippen molar-refractivity contribution in [3.05, 3.63) is 35.4 Å². The van der Waals surface area contributed by atoms with Crippen LogP contribution in [0.15, 0.2) is 24.3 Å². The van der Waals surface area contributed by atoms with Gasteiger partial charge >= 0.3 is 5.97 Å². The van der Waals surface area contributed by atoms with Crippen LogP contribution in [-0.2, 0) is 20.9 Å². The first-order valence-corrected chi connectivity index (χ1v) is 8.28. The molecule has 0 unspecified atom stereocenters. The Morgan fingerprint density at radius 3 is 2.28 bits per heavy atom. The molecule has 1 amide bonds. The molecule has 0 heterocycles. The fraction of sp³-hybridized carbons (Fsp3) is 0.526. The van der Waals surface area contributed by atoms with Crippen LogP contribution in [0.1, 0.15) is 50.5 Å². The maximum atomic E-state index is 12.0. The maximum Gasteiger partial charge on any atom is 0.338 e. The molecule has 1 atom stereocenters. The molecule has 0 bridgehead atoms. The summed E-state index contributed by atoms with van der Waals surface area (Å²) in [5.74, 6) is -1.17. The molecule has 0 spiro atoms. The zero-order valence-corrected chi connectivity index (χ0v) is 15.5. The molecule has 136 valence electrons. The minimum Gasteiger partial charge on any atom is -0.452 e. The Hall–Kier alpha value is -2.39. The highest BCUT2D eigenvalue weighted by atomic mass is 16.5. The van der Waals surface area contributed by atoms with Gasteiger partial charge in [-0.3, -0.25) is 4.79 Å². The topological polar surface area (TPSA) is 88.4 Å². The summed E-state index contributed by atoms with van der Waals surface area (Å²) in [6.07, 6.45) is 0.132. The van der Waals surface area contributed by atoms with Crippen LogP contribution in [0.5, 0.6) is 0 Å². The van der Waals surface area contributed by atoms with Crippen molar-refractivity contribution in [2.75, 3.05) is 6.61 Å². The first-order valence-electron chi connectivity index (χ1n) is 8.28. The summed E-state index contributed by atoms with van der Waals surface area (Å²) in [5, 5.41) is 11.8. The summed E-state index contributed by atoms with van der Waals surface area (Å²) >= 11 is 0. The van der Waals surface area contributed by atoms with E-state index in [4.69, 9.17) is 9.47 Å². The number of hydrogen-bond acceptors (Lipinski definition) is 5. The SMILES string of the molecule is CC(C)OCc1ccc(C(=O)OCC(=O)N[C@@](C)(C#N)C(C)C)cc1. The van der Waals surface area contributed by atoms with E-state index in [0.29, 0.717) is 12.2 Å². The van der Waals surface area contributed by atoms with E-state index in [1.165, 1.54) is 0 Å². The summed E-state index contributed by atoms with van der Waals surface area (Å²) in [7, 11) is 0. The largest absolute Gasteiger partial charge is 0.452 e. The average molecular weight is 346 g/mol. The number of amides is 1. The fourth-order valence-corrected chi connectivity index (χ4v) is 1.84. The van der Waals surface area contributed by atoms with Gasteiger partial charge in [0.2, 0.25) is 0 Å². The van der Waals surface area contributed by atoms with Crippen LogP contribution >= 0.6 is 0 Å². The molecule has 0 aliphatic heterocycles. The van der Waals surface area contributed by atoms with Gasteiger partial charge in [0.15, 0.2) is 6.61 Å². The van der Waals surface area contributed by atoms with Crippen LogP contribution in [0, 0.1) is 17.2 Å². The maximum absolute atomic E-state index is 12.0. The van der Waals surface area contributed by atoms with Crippen molar-refractivity contribution in [2.24, 2.45) is 5.92 Å². The molecule has 0 saturated carbocycles. The van der Waals surface area contributed by atoms with Crippen LogP contribution in [0.2, 0.25) is 0 Å². The number of carbonyl (C=O) groups excluding carboxylic acids is 2. The van der Waals surface area contributed by atoms with Gasteiger partial charge in [-0.1, -0.05) is 26.0 Å². The molecule has 0 fully saturated rings. The average Bonchev–Trinajstić information content (AvgIpc) is 2.57. The number of ether oxygens (including phenoxy) is 2. The van der Waals surface area contributed by atoms with Crippen LogP contribution in [0.3, 0.4) is 0 Å². The number of rotatable bonds is 8. The quantitative estimate of drug-likeness (QED) is 0.731. The number of benzene rings is 1. The van der Waals surface area contributed by atoms with Gasteiger partial charge in [-0.2, -0.15) is 5.26 Å². The van der Waals surface area contributed by atoms with E-state index in [-0.39, 0.29) is 12.0 Å². The van der Waals surface area contributed by atoms with Gasteiger partial charge in [0.05, 0.1) is 24.3 Å². The second kappa shape index (κ2) is 9.19. The third-order valence-electron chi connectivity index (χ3n) is 3.89. The summed E-state index contributed by atoms with van der Waals surface area (Å²) < 4.78 is 10.5. The van der Waals surface area contributed by atoms with E-state index in [2.05, 4.69) is 11.4 Å². The zero-order chi connectivity index (χ0) is 19.0. The first kappa shape index (κ1) is 20.7. The standard InChI is InChI=1S/C19H26N2O4/c1-13(2)19(5,12-20)21-17(22)11-25-18(23)16-8-6-15(7-9-16)10-24-14(3)4/h6-9,13-14H,10-11H2,1-5H3,(H,21,22)/t19-/m0/s1. The van der Waals surface area contributed by atoms with E-state index in [1.807, 2.05) is 27.7 Å². The fourth-order valence-electron chi connectivity index (χ4n) is 1.84. The monoisotopic (exact) mass is 346 g/mol. The summed E-state index contributed by atoms with van der Waals surface area (Å²) in [6, 6.07) is 8.90. The number of nitriles is 1. The smallest absolute Gasteiger partial charge is 0.338 e. The van der Waals surface area contributed by atoms with Crippen LogP contribution in [0.4, 0.5) is 0 Å². The molecule has 0 aliphatic rings. The van der Waals surface area contributed by atoms with Gasteiger partial charge in [-0.15, -0.1) is 0 Å². The minimum atomic E-state index is -0.998. The summed E-state index contributed by atoms with van der Waals surface area (Å²) in [4.78, 5) is 23.9. The summed E-state index contributed by atoms with van der Waals surface area (Å²) in [6.45, 7) is 9.24. The zero-order valence-electron chi connectivity index (χ0n) is 15.5. The molecule has 1 N–H and O–H groups in total. The number of nitrogens with one attached hydrogen (secondary N) is 1. The van der Waals surface area contributed by atoms with Crippen molar-refractivity contribution in [3.63, 3.8) is 0 Å². The number of esters is 1. The van der Waals surface area contributed by atoms with Gasteiger partial charge in [0.1, 0.15) is 5.54 Å². The van der Waals surface area contributed by atoms with E-state index >= 15 is 0 Å². The molecule has 25 heavy (non-hydrogen) atoms. The molecule has 1 aromatic carbocycles. The first-order chi connectivity index (χ1) is 11.7. The molecule has 0 aliphatic carbocycles. The van der Waals surface area contributed by atoms with Crippen molar-refractivity contribution in [1.29, 1.82) is 5.26 Å². The van der Waals surface area contributed by atoms with E-state index < -0.39 is 24.0 Å². The molecule has 1 rings (SSSR count). The Bertz CT molecular complexity index is 632. The van der Waals surface area contributed by atoms with Crippen molar-refractivity contribution in [1.82, 2.24) is 5.32 Å². The Morgan fingerprint density at radius 2 is 1.80 bits per heavy atom. The number of carbonyl (C=O) groups is 2.